The number of esters is 1. The topological polar surface area (TPSA) is 163 Å². The molecule has 10 nitrogen and oxygen atoms in total. The minimum Gasteiger partial charge on any atom is -0.458 e. The molecule has 0 bridgehead atoms. The number of hydrogen-bond donors (Lipinski definition) is 4. The number of rotatable bonds is 5. The summed E-state index contributed by atoms with van der Waals surface area (Å²) in [4.78, 5) is 27.1. The summed E-state index contributed by atoms with van der Waals surface area (Å²) >= 11 is 0. The summed E-state index contributed by atoms with van der Waals surface area (Å²) in [6.07, 6.45) is 0.540. The van der Waals surface area contributed by atoms with Crippen molar-refractivity contribution in [1.29, 1.82) is 0 Å². The Morgan fingerprint density at radius 2 is 2.14 bits per heavy atom. The molecule has 2 heterocycles. The molecule has 1 aliphatic rings. The molecule has 28 heavy (non-hydrogen) atoms. The van der Waals surface area contributed by atoms with Gasteiger partial charge < -0.3 is 26.4 Å². The van der Waals surface area contributed by atoms with Crippen LogP contribution >= 0.6 is 0 Å². The average molecular weight is 402 g/mol. The van der Waals surface area contributed by atoms with Gasteiger partial charge in [-0.25, -0.2) is 13.8 Å². The SMILES string of the molecule is C#C[C@@]1(n2c(F)cc(N)nc2=O)O[C@](F)(COC(=O)[C@@H](N)C(C)C)[C@@H](O)[C@H]1O. The zero-order valence-electron chi connectivity index (χ0n) is 15.0. The maximum absolute atomic E-state index is 15.2. The van der Waals surface area contributed by atoms with Gasteiger partial charge in [-0.05, 0) is 11.8 Å². The van der Waals surface area contributed by atoms with E-state index in [4.69, 9.17) is 27.4 Å². The fraction of sp³-hybridized carbons (Fsp3) is 0.562. The van der Waals surface area contributed by atoms with Crippen molar-refractivity contribution in [2.24, 2.45) is 11.7 Å². The van der Waals surface area contributed by atoms with Gasteiger partial charge in [-0.3, -0.25) is 9.53 Å². The molecule has 0 unspecified atom stereocenters. The summed E-state index contributed by atoms with van der Waals surface area (Å²) in [6.45, 7) is 2.01. The predicted octanol–water partition coefficient (Wildman–Crippen LogP) is -1.81. The molecule has 0 aromatic carbocycles. The van der Waals surface area contributed by atoms with Gasteiger partial charge in [0, 0.05) is 6.07 Å². The molecular formula is C16H20F2N4O6. The number of anilines is 1. The maximum atomic E-state index is 15.2. The standard InChI is InChI=1S/C16H20F2N4O6/c1-4-16(22-8(17)5-9(19)21-14(22)26)12(24)11(23)15(18,28-16)6-27-13(25)10(20)7(2)3/h1,5,7,10-12,23-24H,6,20H2,2-3H3,(H2,19,21,26)/t10-,11-,12+,15+,16+/m0/s1. The number of nitrogens with zero attached hydrogens (tertiary/aromatic N) is 2. The zero-order valence-corrected chi connectivity index (χ0v) is 15.0. The van der Waals surface area contributed by atoms with Crippen LogP contribution < -0.4 is 17.2 Å². The minimum atomic E-state index is -3.27. The number of ether oxygens (including phenoxy) is 2. The molecule has 0 spiro atoms. The molecule has 0 radical (unpaired) electrons. The number of alkyl halides is 1. The Balaban J connectivity index is 2.40. The fourth-order valence-corrected chi connectivity index (χ4v) is 2.61. The van der Waals surface area contributed by atoms with Gasteiger partial charge in [0.1, 0.15) is 24.1 Å². The number of carbonyl (C=O) groups excluding carboxylic acids is 1. The maximum Gasteiger partial charge on any atom is 0.354 e. The zero-order chi connectivity index (χ0) is 21.4. The van der Waals surface area contributed by atoms with Crippen molar-refractivity contribution in [3.8, 4) is 12.3 Å². The summed E-state index contributed by atoms with van der Waals surface area (Å²) in [6, 6.07) is -0.506. The highest BCUT2D eigenvalue weighted by Gasteiger charge is 2.65. The third-order valence-corrected chi connectivity index (χ3v) is 4.30. The number of aromatic nitrogens is 2. The average Bonchev–Trinajstić information content (AvgIpc) is 2.80. The molecule has 0 amide bonds. The van der Waals surface area contributed by atoms with E-state index in [-0.39, 0.29) is 10.5 Å². The molecule has 1 saturated heterocycles. The summed E-state index contributed by atoms with van der Waals surface area (Å²) < 4.78 is 39.1. The summed E-state index contributed by atoms with van der Waals surface area (Å²) in [5.74, 6) is -4.74. The van der Waals surface area contributed by atoms with Crippen molar-refractivity contribution in [3.05, 3.63) is 22.5 Å². The molecule has 12 heteroatoms. The first-order chi connectivity index (χ1) is 12.9. The Morgan fingerprint density at radius 1 is 1.54 bits per heavy atom. The summed E-state index contributed by atoms with van der Waals surface area (Å²) in [5, 5.41) is 20.4. The van der Waals surface area contributed by atoms with Gasteiger partial charge in [-0.1, -0.05) is 13.8 Å². The largest absolute Gasteiger partial charge is 0.458 e. The Kier molecular flexibility index (Phi) is 5.77. The van der Waals surface area contributed by atoms with E-state index >= 15 is 4.39 Å². The number of nitrogen functional groups attached to an aromatic ring is 1. The molecule has 1 aliphatic heterocycles. The van der Waals surface area contributed by atoms with E-state index in [0.29, 0.717) is 6.07 Å². The molecule has 0 saturated carbocycles. The molecule has 6 N–H and O–H groups in total. The van der Waals surface area contributed by atoms with Crippen LogP contribution in [0.2, 0.25) is 0 Å². The quantitative estimate of drug-likeness (QED) is 0.253. The van der Waals surface area contributed by atoms with Crippen molar-refractivity contribution in [1.82, 2.24) is 9.55 Å². The predicted molar refractivity (Wildman–Crippen MR) is 90.4 cm³/mol. The van der Waals surface area contributed by atoms with Gasteiger partial charge in [0.2, 0.25) is 11.7 Å². The van der Waals surface area contributed by atoms with Crippen LogP contribution in [0, 0.1) is 24.2 Å². The Morgan fingerprint density at radius 3 is 2.64 bits per heavy atom. The van der Waals surface area contributed by atoms with Gasteiger partial charge in [-0.15, -0.1) is 6.42 Å². The number of terminal acetylenes is 1. The lowest BCUT2D eigenvalue weighted by atomic mass is 10.0. The molecule has 1 aromatic rings. The van der Waals surface area contributed by atoms with E-state index in [9.17, 15) is 24.2 Å². The van der Waals surface area contributed by atoms with Crippen LogP contribution in [0.1, 0.15) is 13.8 Å². The molecule has 154 valence electrons. The van der Waals surface area contributed by atoms with Crippen LogP contribution in [-0.2, 0) is 20.0 Å². The second kappa shape index (κ2) is 7.44. The highest BCUT2D eigenvalue weighted by atomic mass is 19.2. The highest BCUT2D eigenvalue weighted by Crippen LogP contribution is 2.42. The molecule has 5 atom stereocenters. The van der Waals surface area contributed by atoms with E-state index in [1.165, 1.54) is 0 Å². The van der Waals surface area contributed by atoms with Gasteiger partial charge in [0.15, 0.2) is 6.61 Å². The number of carbonyl (C=O) groups is 1. The van der Waals surface area contributed by atoms with Crippen LogP contribution in [-0.4, -0.2) is 56.4 Å². The highest BCUT2D eigenvalue weighted by molar-refractivity contribution is 5.75. The van der Waals surface area contributed by atoms with Crippen molar-refractivity contribution in [2.45, 2.75) is 43.7 Å². The lowest BCUT2D eigenvalue weighted by molar-refractivity contribution is -0.235. The van der Waals surface area contributed by atoms with Crippen molar-refractivity contribution in [3.63, 3.8) is 0 Å². The van der Waals surface area contributed by atoms with Crippen LogP contribution in [0.15, 0.2) is 10.9 Å². The van der Waals surface area contributed by atoms with Crippen molar-refractivity contribution in [2.75, 3.05) is 12.3 Å². The number of halogens is 2. The minimum absolute atomic E-state index is 0.0280. The first-order valence-electron chi connectivity index (χ1n) is 8.10. The molecule has 2 rings (SSSR count). The van der Waals surface area contributed by atoms with Crippen LogP contribution in [0.25, 0.3) is 0 Å². The first-order valence-corrected chi connectivity index (χ1v) is 8.10. The second-order valence-electron chi connectivity index (χ2n) is 6.62. The van der Waals surface area contributed by atoms with E-state index in [1.54, 1.807) is 19.8 Å². The van der Waals surface area contributed by atoms with E-state index < -0.39 is 59.9 Å². The number of hydrogen-bond acceptors (Lipinski definition) is 9. The van der Waals surface area contributed by atoms with Gasteiger partial charge in [0.05, 0.1) is 0 Å². The fourth-order valence-electron chi connectivity index (χ4n) is 2.61. The monoisotopic (exact) mass is 402 g/mol. The molecule has 1 aromatic heterocycles. The summed E-state index contributed by atoms with van der Waals surface area (Å²) in [5.41, 5.74) is 6.61. The number of nitrogens with two attached hydrogens (primary N) is 2. The molecule has 1 fully saturated rings. The van der Waals surface area contributed by atoms with Gasteiger partial charge >= 0.3 is 11.7 Å². The van der Waals surface area contributed by atoms with Gasteiger partial charge in [-0.2, -0.15) is 9.37 Å². The third kappa shape index (κ3) is 3.45. The van der Waals surface area contributed by atoms with E-state index in [1.807, 2.05) is 0 Å². The summed E-state index contributed by atoms with van der Waals surface area (Å²) in [7, 11) is 0. The number of aliphatic hydroxyl groups is 2. The smallest absolute Gasteiger partial charge is 0.354 e. The molecular weight excluding hydrogens is 382 g/mol. The van der Waals surface area contributed by atoms with E-state index in [2.05, 4.69) is 4.98 Å². The van der Waals surface area contributed by atoms with Crippen LogP contribution in [0.3, 0.4) is 0 Å². The second-order valence-corrected chi connectivity index (χ2v) is 6.62. The lowest BCUT2D eigenvalue weighted by Crippen LogP contribution is -2.51. The van der Waals surface area contributed by atoms with Crippen LogP contribution in [0.4, 0.5) is 14.6 Å². The third-order valence-electron chi connectivity index (χ3n) is 4.30. The normalized spacial score (nSPS) is 30.8. The van der Waals surface area contributed by atoms with E-state index in [0.717, 1.165) is 0 Å². The lowest BCUT2D eigenvalue weighted by Gasteiger charge is -2.29. The Bertz CT molecular complexity index is 872. The van der Waals surface area contributed by atoms with Crippen LogP contribution in [0.5, 0.6) is 0 Å². The Labute approximate surface area is 158 Å². The van der Waals surface area contributed by atoms with Crippen molar-refractivity contribution < 1.29 is 33.3 Å². The first kappa shape index (κ1) is 21.7. The Hall–Kier alpha value is -2.59. The number of aliphatic hydroxyl groups excluding tert-OH is 2. The van der Waals surface area contributed by atoms with Gasteiger partial charge in [0.25, 0.3) is 5.85 Å². The van der Waals surface area contributed by atoms with Crippen molar-refractivity contribution >= 4 is 11.8 Å². The molecule has 0 aliphatic carbocycles.